The molecule has 0 atom stereocenters. The Bertz CT molecular complexity index is 1180. The predicted molar refractivity (Wildman–Crippen MR) is 148 cm³/mol. The smallest absolute Gasteiger partial charge is 0.147 e. The second kappa shape index (κ2) is 8.67. The van der Waals surface area contributed by atoms with Gasteiger partial charge in [-0.15, -0.1) is 24.8 Å². The van der Waals surface area contributed by atoms with E-state index in [1.807, 2.05) is 0 Å². The van der Waals surface area contributed by atoms with Gasteiger partial charge in [0, 0.05) is 0 Å². The molecule has 174 valence electrons. The van der Waals surface area contributed by atoms with E-state index >= 15 is 0 Å². The van der Waals surface area contributed by atoms with Gasteiger partial charge >= 0.3 is 187 Å². The molecule has 2 aromatic carbocycles. The van der Waals surface area contributed by atoms with E-state index in [1.165, 1.54) is 22.3 Å². The number of halogens is 2. The second-order valence-corrected chi connectivity index (χ2v) is 41.1. The largest absolute Gasteiger partial charge is 0.147 e. The first-order valence-corrected chi connectivity index (χ1v) is 24.7. The molecule has 0 heterocycles. The van der Waals surface area contributed by atoms with E-state index in [2.05, 4.69) is 106 Å². The van der Waals surface area contributed by atoms with Gasteiger partial charge in [-0.25, -0.2) is 0 Å². The van der Waals surface area contributed by atoms with Crippen molar-refractivity contribution in [2.24, 2.45) is 0 Å². The second-order valence-electron chi connectivity index (χ2n) is 12.6. The molecule has 0 saturated heterocycles. The summed E-state index contributed by atoms with van der Waals surface area (Å²) >= 11 is -3.31. The maximum atomic E-state index is 2.67. The summed E-state index contributed by atoms with van der Waals surface area (Å²) in [6, 6.07) is 12.1. The molecule has 4 heteroatoms. The van der Waals surface area contributed by atoms with Crippen LogP contribution in [0.25, 0.3) is 11.1 Å². The Balaban J connectivity index is 0.00000181. The third kappa shape index (κ3) is 4.59. The molecule has 0 amide bonds. The molecular weight excluding hydrogens is 527 g/mol. The average Bonchev–Trinajstić information content (AvgIpc) is 3.26. The molecule has 2 aliphatic carbocycles. The number of rotatable bonds is 2. The molecule has 0 unspecified atom stereocenters. The minimum atomic E-state index is -3.31. The van der Waals surface area contributed by atoms with Gasteiger partial charge in [-0.3, -0.25) is 0 Å². The fourth-order valence-electron chi connectivity index (χ4n) is 5.49. The quantitative estimate of drug-likeness (QED) is 0.282. The third-order valence-corrected chi connectivity index (χ3v) is 23.5. The van der Waals surface area contributed by atoms with Gasteiger partial charge in [0.25, 0.3) is 0 Å². The van der Waals surface area contributed by atoms with Gasteiger partial charge in [0.15, 0.2) is 0 Å². The van der Waals surface area contributed by atoms with Crippen molar-refractivity contribution in [1.82, 2.24) is 0 Å². The molecule has 0 bridgehead atoms. The van der Waals surface area contributed by atoms with Crippen LogP contribution in [0.15, 0.2) is 51.8 Å². The molecule has 0 radical (unpaired) electrons. The van der Waals surface area contributed by atoms with Gasteiger partial charge in [-0.1, -0.05) is 0 Å². The van der Waals surface area contributed by atoms with E-state index in [0.29, 0.717) is 0 Å². The Labute approximate surface area is 210 Å². The SMILES string of the molecule is CC(C)(C)c1ccc2c(c1)Cc1c-2ccc(C(C)(C)C)[c]1[Zr]([CH3])([CH3])(=[SiH2])[C]1=CC=CC1.Cl.Cl. The maximum absolute atomic E-state index is 3.31. The van der Waals surface area contributed by atoms with Crippen molar-refractivity contribution >= 4 is 35.0 Å². The number of benzene rings is 2. The van der Waals surface area contributed by atoms with E-state index in [9.17, 15) is 0 Å². The summed E-state index contributed by atoms with van der Waals surface area (Å²) in [7, 11) is 0. The van der Waals surface area contributed by atoms with Crippen LogP contribution < -0.4 is 3.27 Å². The predicted octanol–water partition coefficient (Wildman–Crippen LogP) is 7.50. The van der Waals surface area contributed by atoms with E-state index in [-0.39, 0.29) is 35.6 Å². The Morgan fingerprint density at radius 1 is 0.844 bits per heavy atom. The molecule has 0 aliphatic heterocycles. The molecule has 0 N–H and O–H groups in total. The summed E-state index contributed by atoms with van der Waals surface area (Å²) in [5.74, 6) is 0. The molecule has 0 aromatic heterocycles. The first-order valence-electron chi connectivity index (χ1n) is 11.4. The minimum Gasteiger partial charge on any atom is -0.147 e. The van der Waals surface area contributed by atoms with Crippen molar-refractivity contribution in [3.8, 4) is 11.1 Å². The van der Waals surface area contributed by atoms with E-state index in [4.69, 9.17) is 0 Å². The van der Waals surface area contributed by atoms with Crippen LogP contribution in [0.4, 0.5) is 0 Å². The molecule has 2 aromatic rings. The van der Waals surface area contributed by atoms with Crippen LogP contribution in [0.1, 0.15) is 70.2 Å². The third-order valence-electron chi connectivity index (χ3n) is 7.35. The Morgan fingerprint density at radius 2 is 1.47 bits per heavy atom. The first-order chi connectivity index (χ1) is 13.7. The van der Waals surface area contributed by atoms with Gasteiger partial charge in [0.1, 0.15) is 0 Å². The van der Waals surface area contributed by atoms with Crippen LogP contribution in [0.5, 0.6) is 0 Å². The zero-order chi connectivity index (χ0) is 22.1. The summed E-state index contributed by atoms with van der Waals surface area (Å²) in [4.78, 5) is 0. The fraction of sp³-hybridized carbons (Fsp3) is 0.429. The van der Waals surface area contributed by atoms with E-state index < -0.39 is 17.4 Å². The molecule has 0 saturated carbocycles. The van der Waals surface area contributed by atoms with Gasteiger partial charge in [0.05, 0.1) is 0 Å². The zero-order valence-electron chi connectivity index (χ0n) is 21.1. The minimum absolute atomic E-state index is 0. The molecule has 0 fully saturated rings. The fourth-order valence-corrected chi connectivity index (χ4v) is 19.8. The molecule has 4 rings (SSSR count). The van der Waals surface area contributed by atoms with Crippen LogP contribution in [-0.4, -0.2) is 6.88 Å². The van der Waals surface area contributed by atoms with Crippen LogP contribution in [0.2, 0.25) is 9.26 Å². The van der Waals surface area contributed by atoms with Gasteiger partial charge in [-0.05, 0) is 0 Å². The van der Waals surface area contributed by atoms with Crippen molar-refractivity contribution in [2.45, 2.75) is 74.5 Å². The Morgan fingerprint density at radius 3 is 2.00 bits per heavy atom. The number of fused-ring (bicyclic) bond motifs is 3. The normalized spacial score (nSPS) is 15.5. The molecule has 2 aliphatic rings. The summed E-state index contributed by atoms with van der Waals surface area (Å²) in [6.45, 7) is 16.5. The van der Waals surface area contributed by atoms with Gasteiger partial charge in [-0.2, -0.15) is 0 Å². The topological polar surface area (TPSA) is 0 Å². The Hall–Kier alpha value is -0.400. The monoisotopic (exact) mass is 564 g/mol. The van der Waals surface area contributed by atoms with Crippen molar-refractivity contribution in [3.63, 3.8) is 0 Å². The zero-order valence-corrected chi connectivity index (χ0v) is 26.6. The van der Waals surface area contributed by atoms with Crippen molar-refractivity contribution in [3.05, 3.63) is 74.1 Å². The first kappa shape index (κ1) is 27.8. The van der Waals surface area contributed by atoms with Crippen LogP contribution in [-0.2, 0) is 34.6 Å². The van der Waals surface area contributed by atoms with Gasteiger partial charge < -0.3 is 0 Å². The van der Waals surface area contributed by atoms with E-state index in [0.717, 1.165) is 12.8 Å². The Kier molecular flexibility index (Phi) is 7.55. The average molecular weight is 567 g/mol. The van der Waals surface area contributed by atoms with Crippen molar-refractivity contribution in [2.75, 3.05) is 0 Å². The standard InChI is InChI=1S/C21H25.C5H5.2CH3.2ClH.H2Si.Zr/c1-20(2,3)16-7-9-18-14(12-16)11-15-13-17(21(4,5)6)8-10-19(15)18;1-2-4-5-3-1;;;;;;/h7-10,12H,11H2,1-6H3;1-3H,4H2;2*1H3;2*1H;1H2;. The summed E-state index contributed by atoms with van der Waals surface area (Å²) in [6.07, 6.45) is 9.33. The van der Waals surface area contributed by atoms with Crippen molar-refractivity contribution in [1.29, 1.82) is 0 Å². The molecule has 0 nitrogen and oxygen atoms in total. The number of allylic oxidation sites excluding steroid dienone is 4. The van der Waals surface area contributed by atoms with Crippen LogP contribution in [0.3, 0.4) is 0 Å². The maximum Gasteiger partial charge on any atom is -0.147 e. The molecule has 32 heavy (non-hydrogen) atoms. The van der Waals surface area contributed by atoms with Crippen LogP contribution in [0, 0.1) is 0 Å². The molecule has 0 spiro atoms. The van der Waals surface area contributed by atoms with Gasteiger partial charge in [0.2, 0.25) is 0 Å². The van der Waals surface area contributed by atoms with Crippen LogP contribution >= 0.6 is 24.8 Å². The van der Waals surface area contributed by atoms with E-state index in [1.54, 1.807) is 17.7 Å². The number of hydrogen-bond acceptors (Lipinski definition) is 0. The number of hydrogen-bond donors (Lipinski definition) is 0. The summed E-state index contributed by atoms with van der Waals surface area (Å²) in [5, 5.41) is 0. The molecular formula is C28H40Cl2SiZr. The summed E-state index contributed by atoms with van der Waals surface area (Å²) < 4.78 is 8.85. The summed E-state index contributed by atoms with van der Waals surface area (Å²) in [5.41, 5.74) is 9.51. The van der Waals surface area contributed by atoms with Crippen molar-refractivity contribution < 1.29 is 17.4 Å².